The zero-order valence-corrected chi connectivity index (χ0v) is 14.4. The fourth-order valence-electron chi connectivity index (χ4n) is 2.50. The van der Waals surface area contributed by atoms with Gasteiger partial charge >= 0.3 is 0 Å². The van der Waals surface area contributed by atoms with Gasteiger partial charge in [-0.3, -0.25) is 4.79 Å². The summed E-state index contributed by atoms with van der Waals surface area (Å²) >= 11 is 0. The van der Waals surface area contributed by atoms with Crippen LogP contribution in [-0.2, 0) is 13.2 Å². The third-order valence-electron chi connectivity index (χ3n) is 3.88. The molecule has 2 N–H and O–H groups in total. The highest BCUT2D eigenvalue weighted by molar-refractivity contribution is 5.98. The zero-order valence-electron chi connectivity index (χ0n) is 14.4. The summed E-state index contributed by atoms with van der Waals surface area (Å²) in [5, 5.41) is 0. The zero-order chi connectivity index (χ0) is 18.2. The lowest BCUT2D eigenvalue weighted by Gasteiger charge is -2.12. The van der Waals surface area contributed by atoms with E-state index >= 15 is 0 Å². The first-order chi connectivity index (χ1) is 12.7. The average molecular weight is 347 g/mol. The number of rotatable bonds is 8. The second-order valence-electron chi connectivity index (χ2n) is 5.87. The summed E-state index contributed by atoms with van der Waals surface area (Å²) in [6.45, 7) is 0.777. The molecule has 0 spiro atoms. The Morgan fingerprint density at radius 3 is 1.62 bits per heavy atom. The highest BCUT2D eigenvalue weighted by Crippen LogP contribution is 2.25. The maximum atomic E-state index is 12.0. The predicted octanol–water partition coefficient (Wildman–Crippen LogP) is 3.99. The SMILES string of the molecule is NCC(=O)c1cc(OCc2ccccc2)cc(OCc2ccccc2)c1. The summed E-state index contributed by atoms with van der Waals surface area (Å²) in [5.41, 5.74) is 8.09. The molecular weight excluding hydrogens is 326 g/mol. The van der Waals surface area contributed by atoms with Crippen molar-refractivity contribution in [2.24, 2.45) is 5.73 Å². The van der Waals surface area contributed by atoms with Gasteiger partial charge in [-0.25, -0.2) is 0 Å². The highest BCUT2D eigenvalue weighted by atomic mass is 16.5. The molecule has 3 aromatic rings. The molecule has 0 bridgehead atoms. The van der Waals surface area contributed by atoms with E-state index in [1.807, 2.05) is 60.7 Å². The van der Waals surface area contributed by atoms with Crippen LogP contribution in [0.15, 0.2) is 78.9 Å². The number of hydrogen-bond donors (Lipinski definition) is 1. The Hall–Kier alpha value is -3.11. The number of carbonyl (C=O) groups is 1. The van der Waals surface area contributed by atoms with Gasteiger partial charge in [-0.1, -0.05) is 60.7 Å². The monoisotopic (exact) mass is 347 g/mol. The molecule has 0 aromatic heterocycles. The smallest absolute Gasteiger partial charge is 0.176 e. The van der Waals surface area contributed by atoms with Crippen LogP contribution >= 0.6 is 0 Å². The van der Waals surface area contributed by atoms with Gasteiger partial charge in [0.25, 0.3) is 0 Å². The standard InChI is InChI=1S/C22H21NO3/c23-14-22(24)19-11-20(25-15-17-7-3-1-4-8-17)13-21(12-19)26-16-18-9-5-2-6-10-18/h1-13H,14-16,23H2. The van der Waals surface area contributed by atoms with E-state index in [1.165, 1.54) is 0 Å². The molecule has 0 unspecified atom stereocenters. The van der Waals surface area contributed by atoms with E-state index in [0.717, 1.165) is 11.1 Å². The van der Waals surface area contributed by atoms with Crippen LogP contribution in [0.3, 0.4) is 0 Å². The summed E-state index contributed by atoms with van der Waals surface area (Å²) in [5.74, 6) is 1.01. The molecule has 0 saturated carbocycles. The Morgan fingerprint density at radius 2 is 1.19 bits per heavy atom. The van der Waals surface area contributed by atoms with Crippen LogP contribution in [0, 0.1) is 0 Å². The molecule has 0 fully saturated rings. The molecule has 4 nitrogen and oxygen atoms in total. The molecule has 3 aromatic carbocycles. The minimum absolute atomic E-state index is 0.0553. The lowest BCUT2D eigenvalue weighted by molar-refractivity contribution is 0.100. The van der Waals surface area contributed by atoms with E-state index in [2.05, 4.69) is 0 Å². The van der Waals surface area contributed by atoms with Crippen LogP contribution in [0.25, 0.3) is 0 Å². The molecule has 3 rings (SSSR count). The minimum Gasteiger partial charge on any atom is -0.489 e. The van der Waals surface area contributed by atoms with Crippen LogP contribution in [0.1, 0.15) is 21.5 Å². The van der Waals surface area contributed by atoms with Crippen molar-refractivity contribution in [2.75, 3.05) is 6.54 Å². The highest BCUT2D eigenvalue weighted by Gasteiger charge is 2.10. The van der Waals surface area contributed by atoms with Gasteiger partial charge in [0.05, 0.1) is 6.54 Å². The lowest BCUT2D eigenvalue weighted by Crippen LogP contribution is -2.14. The number of Topliss-reactive ketones (excluding diaryl/α,β-unsaturated/α-hetero) is 1. The Kier molecular flexibility index (Phi) is 6.01. The number of benzene rings is 3. The molecular formula is C22H21NO3. The predicted molar refractivity (Wildman–Crippen MR) is 101 cm³/mol. The van der Waals surface area contributed by atoms with Gasteiger partial charge in [-0.2, -0.15) is 0 Å². The molecule has 26 heavy (non-hydrogen) atoms. The summed E-state index contributed by atoms with van der Waals surface area (Å²) in [6, 6.07) is 24.9. The number of carbonyl (C=O) groups excluding carboxylic acids is 1. The second kappa shape index (κ2) is 8.83. The van der Waals surface area contributed by atoms with E-state index in [-0.39, 0.29) is 12.3 Å². The maximum absolute atomic E-state index is 12.0. The molecule has 0 atom stereocenters. The Morgan fingerprint density at radius 1 is 0.731 bits per heavy atom. The lowest BCUT2D eigenvalue weighted by atomic mass is 10.1. The first kappa shape index (κ1) is 17.7. The fraction of sp³-hybridized carbons (Fsp3) is 0.136. The molecule has 0 amide bonds. The van der Waals surface area contributed by atoms with E-state index in [0.29, 0.717) is 30.3 Å². The largest absolute Gasteiger partial charge is 0.489 e. The van der Waals surface area contributed by atoms with Gasteiger partial charge in [0.15, 0.2) is 5.78 Å². The van der Waals surface area contributed by atoms with Crippen LogP contribution in [0.2, 0.25) is 0 Å². The van der Waals surface area contributed by atoms with Gasteiger partial charge in [0, 0.05) is 11.6 Å². The van der Waals surface area contributed by atoms with Crippen molar-refractivity contribution < 1.29 is 14.3 Å². The third kappa shape index (κ3) is 4.94. The molecule has 0 aliphatic rings. The van der Waals surface area contributed by atoms with Crippen molar-refractivity contribution in [3.63, 3.8) is 0 Å². The van der Waals surface area contributed by atoms with Gasteiger partial charge < -0.3 is 15.2 Å². The topological polar surface area (TPSA) is 61.6 Å². The van der Waals surface area contributed by atoms with Crippen molar-refractivity contribution in [1.82, 2.24) is 0 Å². The second-order valence-corrected chi connectivity index (χ2v) is 5.87. The first-order valence-corrected chi connectivity index (χ1v) is 8.46. The van der Waals surface area contributed by atoms with Gasteiger partial charge in [-0.15, -0.1) is 0 Å². The van der Waals surface area contributed by atoms with Crippen molar-refractivity contribution >= 4 is 5.78 Å². The van der Waals surface area contributed by atoms with E-state index < -0.39 is 0 Å². The molecule has 4 heteroatoms. The van der Waals surface area contributed by atoms with Gasteiger partial charge in [-0.05, 0) is 23.3 Å². The minimum atomic E-state index is -0.153. The van der Waals surface area contributed by atoms with Crippen LogP contribution in [-0.4, -0.2) is 12.3 Å². The fourth-order valence-corrected chi connectivity index (χ4v) is 2.50. The quantitative estimate of drug-likeness (QED) is 0.626. The normalized spacial score (nSPS) is 10.3. The average Bonchev–Trinajstić information content (AvgIpc) is 2.71. The molecule has 132 valence electrons. The van der Waals surface area contributed by atoms with Crippen LogP contribution in [0.5, 0.6) is 11.5 Å². The van der Waals surface area contributed by atoms with Crippen molar-refractivity contribution in [2.45, 2.75) is 13.2 Å². The van der Waals surface area contributed by atoms with Crippen LogP contribution < -0.4 is 15.2 Å². The van der Waals surface area contributed by atoms with E-state index in [1.54, 1.807) is 18.2 Å². The summed E-state index contributed by atoms with van der Waals surface area (Å²) in [6.07, 6.45) is 0. The summed E-state index contributed by atoms with van der Waals surface area (Å²) < 4.78 is 11.7. The van der Waals surface area contributed by atoms with Crippen molar-refractivity contribution in [3.05, 3.63) is 95.6 Å². The molecule has 0 radical (unpaired) electrons. The Bertz CT molecular complexity index is 786. The Balaban J connectivity index is 1.75. The third-order valence-corrected chi connectivity index (χ3v) is 3.88. The molecule has 0 heterocycles. The summed E-state index contributed by atoms with van der Waals surface area (Å²) in [4.78, 5) is 12.0. The number of ether oxygens (including phenoxy) is 2. The molecule has 0 aliphatic carbocycles. The summed E-state index contributed by atoms with van der Waals surface area (Å²) in [7, 11) is 0. The molecule has 0 aliphatic heterocycles. The van der Waals surface area contributed by atoms with Crippen molar-refractivity contribution in [1.29, 1.82) is 0 Å². The number of ketones is 1. The van der Waals surface area contributed by atoms with E-state index in [4.69, 9.17) is 15.2 Å². The van der Waals surface area contributed by atoms with Gasteiger partial charge in [0.2, 0.25) is 0 Å². The van der Waals surface area contributed by atoms with Crippen LogP contribution in [0.4, 0.5) is 0 Å². The van der Waals surface area contributed by atoms with Gasteiger partial charge in [0.1, 0.15) is 24.7 Å². The molecule has 0 saturated heterocycles. The number of nitrogens with two attached hydrogens (primary N) is 1. The van der Waals surface area contributed by atoms with Crippen molar-refractivity contribution in [3.8, 4) is 11.5 Å². The Labute approximate surface area is 153 Å². The van der Waals surface area contributed by atoms with E-state index in [9.17, 15) is 4.79 Å². The first-order valence-electron chi connectivity index (χ1n) is 8.46. The number of hydrogen-bond acceptors (Lipinski definition) is 4. The maximum Gasteiger partial charge on any atom is 0.176 e.